The van der Waals surface area contributed by atoms with Crippen molar-refractivity contribution in [1.82, 2.24) is 25.0 Å². The minimum absolute atomic E-state index is 0.0612. The first-order chi connectivity index (χ1) is 17.9. The van der Waals surface area contributed by atoms with Gasteiger partial charge in [-0.1, -0.05) is 59.2 Å². The Morgan fingerprint density at radius 1 is 1.11 bits per heavy atom. The highest BCUT2D eigenvalue weighted by Crippen LogP contribution is 2.24. The lowest BCUT2D eigenvalue weighted by molar-refractivity contribution is -0.128. The number of benzene rings is 2. The third-order valence-electron chi connectivity index (χ3n) is 6.05. The lowest BCUT2D eigenvalue weighted by Gasteiger charge is -2.36. The molecule has 37 heavy (non-hydrogen) atoms. The van der Waals surface area contributed by atoms with E-state index in [-0.39, 0.29) is 22.6 Å². The lowest BCUT2D eigenvalue weighted by atomic mass is 10.2. The third kappa shape index (κ3) is 6.66. The molecule has 0 bridgehead atoms. The van der Waals surface area contributed by atoms with Crippen LogP contribution < -0.4 is 10.2 Å². The van der Waals surface area contributed by atoms with Crippen LogP contribution in [0.1, 0.15) is 29.1 Å². The first-order valence-electron chi connectivity index (χ1n) is 11.9. The van der Waals surface area contributed by atoms with Crippen LogP contribution in [0.2, 0.25) is 10.0 Å². The van der Waals surface area contributed by atoms with Gasteiger partial charge in [-0.05, 0) is 37.3 Å². The summed E-state index contributed by atoms with van der Waals surface area (Å²) in [7, 11) is 0. The second kappa shape index (κ2) is 12.5. The van der Waals surface area contributed by atoms with Crippen LogP contribution in [0.25, 0.3) is 0 Å². The number of carbonyl (C=O) groups is 2. The fourth-order valence-corrected chi connectivity index (χ4v) is 5.46. The fraction of sp³-hybridized carbons (Fsp3) is 0.308. The first kappa shape index (κ1) is 27.0. The van der Waals surface area contributed by atoms with E-state index in [2.05, 4.69) is 39.1 Å². The summed E-state index contributed by atoms with van der Waals surface area (Å²) >= 11 is 13.4. The van der Waals surface area contributed by atoms with Crippen molar-refractivity contribution in [1.29, 1.82) is 0 Å². The summed E-state index contributed by atoms with van der Waals surface area (Å²) in [6.07, 6.45) is 1.73. The molecule has 1 aromatic heterocycles. The molecule has 1 atom stereocenters. The van der Waals surface area contributed by atoms with Gasteiger partial charge in [0.25, 0.3) is 5.91 Å². The molecule has 2 heterocycles. The van der Waals surface area contributed by atoms with Crippen molar-refractivity contribution in [3.05, 3.63) is 82.6 Å². The number of aromatic nitrogens is 3. The van der Waals surface area contributed by atoms with Gasteiger partial charge in [0.15, 0.2) is 11.0 Å². The Morgan fingerprint density at radius 3 is 2.51 bits per heavy atom. The molecule has 1 aliphatic heterocycles. The number of thioether (sulfide) groups is 1. The van der Waals surface area contributed by atoms with E-state index in [1.807, 2.05) is 34.6 Å². The van der Waals surface area contributed by atoms with Crippen LogP contribution in [0.5, 0.6) is 0 Å². The molecule has 0 unspecified atom stereocenters. The molecule has 2 aromatic carbocycles. The lowest BCUT2D eigenvalue weighted by Crippen LogP contribution is -2.49. The number of rotatable bonds is 9. The van der Waals surface area contributed by atoms with Gasteiger partial charge >= 0.3 is 0 Å². The van der Waals surface area contributed by atoms with E-state index in [1.165, 1.54) is 23.5 Å². The highest BCUT2D eigenvalue weighted by Gasteiger charge is 2.24. The Hall–Kier alpha value is -3.01. The molecule has 1 N–H and O–H groups in total. The van der Waals surface area contributed by atoms with Crippen LogP contribution in [0.3, 0.4) is 0 Å². The second-order valence-corrected chi connectivity index (χ2v) is 10.3. The van der Waals surface area contributed by atoms with Gasteiger partial charge in [-0.3, -0.25) is 9.59 Å². The normalized spacial score (nSPS) is 14.4. The van der Waals surface area contributed by atoms with Gasteiger partial charge in [0.1, 0.15) is 0 Å². The number of nitrogens with zero attached hydrogens (tertiary/aromatic N) is 5. The molecule has 0 aliphatic carbocycles. The minimum atomic E-state index is -0.456. The maximum Gasteiger partial charge on any atom is 0.253 e. The smallest absolute Gasteiger partial charge is 0.253 e. The van der Waals surface area contributed by atoms with Crippen LogP contribution in [0.15, 0.2) is 66.3 Å². The maximum atomic E-state index is 12.9. The number of amides is 2. The summed E-state index contributed by atoms with van der Waals surface area (Å²) in [5.41, 5.74) is 1.49. The number of piperazine rings is 1. The molecule has 8 nitrogen and oxygen atoms in total. The van der Waals surface area contributed by atoms with E-state index in [0.717, 1.165) is 13.1 Å². The molecule has 2 amide bonds. The van der Waals surface area contributed by atoms with Gasteiger partial charge in [0.2, 0.25) is 5.91 Å². The molecule has 4 rings (SSSR count). The van der Waals surface area contributed by atoms with E-state index < -0.39 is 6.04 Å². The number of hydrogen-bond acceptors (Lipinski definition) is 6. The number of halogens is 2. The zero-order chi connectivity index (χ0) is 26.4. The van der Waals surface area contributed by atoms with E-state index in [4.69, 9.17) is 23.2 Å². The maximum absolute atomic E-state index is 12.9. The van der Waals surface area contributed by atoms with Gasteiger partial charge in [-0.2, -0.15) is 0 Å². The minimum Gasteiger partial charge on any atom is -0.368 e. The molecule has 11 heteroatoms. The Bertz CT molecular complexity index is 1260. The van der Waals surface area contributed by atoms with Gasteiger partial charge in [-0.25, -0.2) is 0 Å². The summed E-state index contributed by atoms with van der Waals surface area (Å²) in [5.74, 6) is 0.527. The fourth-order valence-electron chi connectivity index (χ4n) is 4.11. The van der Waals surface area contributed by atoms with Crippen molar-refractivity contribution in [2.75, 3.05) is 36.8 Å². The van der Waals surface area contributed by atoms with Crippen LogP contribution >= 0.6 is 35.0 Å². The summed E-state index contributed by atoms with van der Waals surface area (Å²) in [4.78, 5) is 29.9. The average molecular weight is 560 g/mol. The Kier molecular flexibility index (Phi) is 9.13. The van der Waals surface area contributed by atoms with Crippen LogP contribution in [0.4, 0.5) is 5.69 Å². The molecule has 0 saturated carbocycles. The molecule has 1 fully saturated rings. The third-order valence-corrected chi connectivity index (χ3v) is 7.55. The standard InChI is InChI=1S/C26H28Cl2N6O2S/c1-3-11-34-24(18(2)29-25(36)21-10-9-19(27)16-22(21)28)30-31-26(34)37-17-23(35)33-14-12-32(13-15-33)20-7-5-4-6-8-20/h3-10,16,18H,1,11-15,17H2,2H3,(H,29,36)/t18-/m1/s1. The van der Waals surface area contributed by atoms with E-state index >= 15 is 0 Å². The number of hydrogen-bond donors (Lipinski definition) is 1. The molecular formula is C26H28Cl2N6O2S. The van der Waals surface area contributed by atoms with E-state index in [1.54, 1.807) is 18.2 Å². The highest BCUT2D eigenvalue weighted by atomic mass is 35.5. The highest BCUT2D eigenvalue weighted by molar-refractivity contribution is 7.99. The first-order valence-corrected chi connectivity index (χ1v) is 13.6. The summed E-state index contributed by atoms with van der Waals surface area (Å²) < 4.78 is 1.85. The quantitative estimate of drug-likeness (QED) is 0.302. The molecule has 0 radical (unpaired) electrons. The zero-order valence-electron chi connectivity index (χ0n) is 20.4. The molecule has 1 saturated heterocycles. The van der Waals surface area contributed by atoms with Gasteiger partial charge in [-0.15, -0.1) is 16.8 Å². The Balaban J connectivity index is 1.36. The summed E-state index contributed by atoms with van der Waals surface area (Å²) in [5, 5.41) is 12.8. The van der Waals surface area contributed by atoms with Gasteiger partial charge in [0, 0.05) is 43.4 Å². The topological polar surface area (TPSA) is 83.4 Å². The SMILES string of the molecule is C=CCn1c(SCC(=O)N2CCN(c3ccccc3)CC2)nnc1[C@@H](C)NC(=O)c1ccc(Cl)cc1Cl. The Labute approximate surface area is 230 Å². The number of anilines is 1. The van der Waals surface area contributed by atoms with Crippen molar-refractivity contribution in [2.24, 2.45) is 0 Å². The predicted molar refractivity (Wildman–Crippen MR) is 149 cm³/mol. The van der Waals surface area contributed by atoms with Crippen molar-refractivity contribution in [3.8, 4) is 0 Å². The largest absolute Gasteiger partial charge is 0.368 e. The number of carbonyl (C=O) groups excluding carboxylic acids is 2. The van der Waals surface area contributed by atoms with E-state index in [0.29, 0.717) is 41.2 Å². The number of para-hydroxylation sites is 1. The molecule has 1 aliphatic rings. The average Bonchev–Trinajstić information content (AvgIpc) is 3.30. The molecular weight excluding hydrogens is 531 g/mol. The molecule has 3 aromatic rings. The number of nitrogens with one attached hydrogen (secondary N) is 1. The number of allylic oxidation sites excluding steroid dienone is 1. The van der Waals surface area contributed by atoms with Crippen LogP contribution in [-0.4, -0.2) is 63.4 Å². The van der Waals surface area contributed by atoms with Crippen molar-refractivity contribution >= 4 is 52.5 Å². The van der Waals surface area contributed by atoms with Crippen molar-refractivity contribution < 1.29 is 9.59 Å². The monoisotopic (exact) mass is 558 g/mol. The van der Waals surface area contributed by atoms with Crippen molar-refractivity contribution in [2.45, 2.75) is 24.7 Å². The van der Waals surface area contributed by atoms with Crippen LogP contribution in [-0.2, 0) is 11.3 Å². The summed E-state index contributed by atoms with van der Waals surface area (Å²) in [6, 6.07) is 14.5. The molecule has 0 spiro atoms. The van der Waals surface area contributed by atoms with Crippen LogP contribution in [0, 0.1) is 0 Å². The van der Waals surface area contributed by atoms with E-state index in [9.17, 15) is 9.59 Å². The summed E-state index contributed by atoms with van der Waals surface area (Å²) in [6.45, 7) is 9.03. The van der Waals surface area contributed by atoms with Crippen molar-refractivity contribution in [3.63, 3.8) is 0 Å². The second-order valence-electron chi connectivity index (χ2n) is 8.55. The zero-order valence-corrected chi connectivity index (χ0v) is 22.8. The molecule has 194 valence electrons. The van der Waals surface area contributed by atoms with Gasteiger partial charge < -0.3 is 19.7 Å². The predicted octanol–water partition coefficient (Wildman–Crippen LogP) is 4.70. The Morgan fingerprint density at radius 2 is 1.84 bits per heavy atom. The van der Waals surface area contributed by atoms with Gasteiger partial charge in [0.05, 0.1) is 22.4 Å².